The molecule has 3 heteroatoms. The second-order valence-electron chi connectivity index (χ2n) is 4.58. The zero-order chi connectivity index (χ0) is 11.8. The monoisotopic (exact) mass is 260 g/mol. The molecule has 2 nitrogen and oxygen atoms in total. The van der Waals surface area contributed by atoms with E-state index in [1.807, 2.05) is 6.07 Å². The molecule has 1 aliphatic rings. The van der Waals surface area contributed by atoms with Crippen molar-refractivity contribution in [2.45, 2.75) is 13.3 Å². The molecule has 1 heterocycles. The van der Waals surface area contributed by atoms with Gasteiger partial charge in [0.25, 0.3) is 0 Å². The first kappa shape index (κ1) is 12.9. The standard InChI is InChI=1S/C15H16N2.ClH/c1-2-9-17-14-6-4-3-5-12(14)13-10-11(16)7-8-15(13)17;/h3-8,10H,2,9,16H2,1H3;1H. The zero-order valence-electron chi connectivity index (χ0n) is 10.4. The van der Waals surface area contributed by atoms with E-state index in [4.69, 9.17) is 5.73 Å². The lowest BCUT2D eigenvalue weighted by molar-refractivity contribution is -0.756. The lowest BCUT2D eigenvalue weighted by Crippen LogP contribution is -3.01. The lowest BCUT2D eigenvalue weighted by atomic mass is 10.1. The van der Waals surface area contributed by atoms with Crippen LogP contribution in [0.3, 0.4) is 0 Å². The van der Waals surface area contributed by atoms with Gasteiger partial charge >= 0.3 is 0 Å². The number of hydrogen-bond acceptors (Lipinski definition) is 1. The largest absolute Gasteiger partial charge is 1.00 e. The second kappa shape index (κ2) is 5.01. The van der Waals surface area contributed by atoms with Gasteiger partial charge in [0.2, 0.25) is 0 Å². The van der Waals surface area contributed by atoms with Gasteiger partial charge in [-0.15, -0.1) is 0 Å². The number of quaternary nitrogens is 1. The van der Waals surface area contributed by atoms with Crippen LogP contribution < -0.4 is 23.0 Å². The summed E-state index contributed by atoms with van der Waals surface area (Å²) in [5, 5.41) is 0. The molecule has 0 amide bonds. The van der Waals surface area contributed by atoms with Crippen molar-refractivity contribution in [2.24, 2.45) is 0 Å². The third-order valence-electron chi connectivity index (χ3n) is 3.41. The summed E-state index contributed by atoms with van der Waals surface area (Å²) in [5.41, 5.74) is 12.1. The molecule has 3 rings (SSSR count). The molecule has 1 aliphatic heterocycles. The molecule has 0 spiro atoms. The van der Waals surface area contributed by atoms with E-state index in [0.29, 0.717) is 0 Å². The highest BCUT2D eigenvalue weighted by Gasteiger charge is 2.30. The maximum Gasteiger partial charge on any atom is 0.144 e. The Labute approximate surface area is 114 Å². The first-order chi connectivity index (χ1) is 8.31. The van der Waals surface area contributed by atoms with Crippen molar-refractivity contribution in [1.29, 1.82) is 0 Å². The van der Waals surface area contributed by atoms with Crippen molar-refractivity contribution in [2.75, 3.05) is 12.3 Å². The minimum atomic E-state index is 0. The number of anilines is 1. The highest BCUT2D eigenvalue weighted by atomic mass is 35.5. The molecule has 2 aromatic rings. The third kappa shape index (κ3) is 1.88. The van der Waals surface area contributed by atoms with E-state index >= 15 is 0 Å². The van der Waals surface area contributed by atoms with Crippen LogP contribution in [0.15, 0.2) is 42.5 Å². The first-order valence-electron chi connectivity index (χ1n) is 6.16. The van der Waals surface area contributed by atoms with E-state index in [2.05, 4.69) is 43.3 Å². The number of rotatable bonds is 2. The smallest absolute Gasteiger partial charge is 0.144 e. The Balaban J connectivity index is 0.00000120. The number of fused-ring (bicyclic) bond motifs is 3. The van der Waals surface area contributed by atoms with E-state index in [0.717, 1.165) is 12.2 Å². The minimum absolute atomic E-state index is 0. The summed E-state index contributed by atoms with van der Waals surface area (Å²) < 4.78 is 0. The molecule has 94 valence electrons. The fourth-order valence-electron chi connectivity index (χ4n) is 2.69. The molecule has 18 heavy (non-hydrogen) atoms. The van der Waals surface area contributed by atoms with Crippen LogP contribution in [0.4, 0.5) is 17.1 Å². The lowest BCUT2D eigenvalue weighted by Gasteiger charge is -2.13. The fourth-order valence-corrected chi connectivity index (χ4v) is 2.69. The molecule has 0 radical (unpaired) electrons. The van der Waals surface area contributed by atoms with Crippen LogP contribution in [0, 0.1) is 0 Å². The molecule has 3 N–H and O–H groups in total. The molecule has 0 bridgehead atoms. The number of nitrogens with two attached hydrogens (primary N) is 1. The molecule has 2 aromatic carbocycles. The van der Waals surface area contributed by atoms with E-state index in [9.17, 15) is 0 Å². The average molecular weight is 261 g/mol. The number of nitrogen functional groups attached to an aromatic ring is 1. The van der Waals surface area contributed by atoms with Crippen molar-refractivity contribution >= 4 is 17.1 Å². The summed E-state index contributed by atoms with van der Waals surface area (Å²) in [6.07, 6.45) is 1.17. The van der Waals surface area contributed by atoms with Crippen LogP contribution in [-0.2, 0) is 0 Å². The van der Waals surface area contributed by atoms with Crippen molar-refractivity contribution < 1.29 is 17.3 Å². The van der Waals surface area contributed by atoms with Gasteiger partial charge in [-0.1, -0.05) is 19.1 Å². The molecule has 1 atom stereocenters. The van der Waals surface area contributed by atoms with Gasteiger partial charge < -0.3 is 18.1 Å². The molecule has 0 aliphatic carbocycles. The van der Waals surface area contributed by atoms with Crippen molar-refractivity contribution in [3.8, 4) is 11.1 Å². The van der Waals surface area contributed by atoms with E-state index in [1.165, 1.54) is 33.8 Å². The van der Waals surface area contributed by atoms with Gasteiger partial charge in [-0.05, 0) is 24.6 Å². The Morgan fingerprint density at radius 2 is 1.72 bits per heavy atom. The predicted molar refractivity (Wildman–Crippen MR) is 71.7 cm³/mol. The average Bonchev–Trinajstić information content (AvgIpc) is 2.65. The SMILES string of the molecule is CCC[NH+]1c2ccccc2-c2cc(N)ccc21.[Cl-]. The summed E-state index contributed by atoms with van der Waals surface area (Å²) in [6, 6.07) is 14.9. The van der Waals surface area contributed by atoms with E-state index < -0.39 is 0 Å². The predicted octanol–water partition coefficient (Wildman–Crippen LogP) is -0.489. The van der Waals surface area contributed by atoms with Crippen LogP contribution in [0.1, 0.15) is 13.3 Å². The minimum Gasteiger partial charge on any atom is -1.00 e. The summed E-state index contributed by atoms with van der Waals surface area (Å²) >= 11 is 0. The van der Waals surface area contributed by atoms with Gasteiger partial charge in [-0.25, -0.2) is 0 Å². The van der Waals surface area contributed by atoms with Crippen LogP contribution in [0.5, 0.6) is 0 Å². The molecule has 0 fully saturated rings. The zero-order valence-corrected chi connectivity index (χ0v) is 11.2. The molecule has 0 aromatic heterocycles. The van der Waals surface area contributed by atoms with Crippen LogP contribution in [0.2, 0.25) is 0 Å². The molecular formula is C15H17ClN2. The van der Waals surface area contributed by atoms with Crippen molar-refractivity contribution in [3.63, 3.8) is 0 Å². The second-order valence-corrected chi connectivity index (χ2v) is 4.58. The molecule has 0 saturated carbocycles. The Morgan fingerprint density at radius 1 is 1.00 bits per heavy atom. The highest BCUT2D eigenvalue weighted by molar-refractivity contribution is 5.86. The molecule has 1 unspecified atom stereocenters. The van der Waals surface area contributed by atoms with Crippen LogP contribution >= 0.6 is 0 Å². The summed E-state index contributed by atoms with van der Waals surface area (Å²) in [7, 11) is 0. The molecular weight excluding hydrogens is 244 g/mol. The number of halogens is 1. The quantitative estimate of drug-likeness (QED) is 0.702. The Hall–Kier alpha value is -1.51. The number of para-hydroxylation sites is 1. The Morgan fingerprint density at radius 3 is 2.50 bits per heavy atom. The van der Waals surface area contributed by atoms with Crippen LogP contribution in [0.25, 0.3) is 11.1 Å². The van der Waals surface area contributed by atoms with Gasteiger partial charge in [0.1, 0.15) is 11.4 Å². The maximum atomic E-state index is 5.90. The van der Waals surface area contributed by atoms with Crippen molar-refractivity contribution in [1.82, 2.24) is 0 Å². The van der Waals surface area contributed by atoms with Gasteiger partial charge in [0, 0.05) is 23.4 Å². The fraction of sp³-hybridized carbons (Fsp3) is 0.200. The summed E-state index contributed by atoms with van der Waals surface area (Å²) in [4.78, 5) is 1.47. The summed E-state index contributed by atoms with van der Waals surface area (Å²) in [6.45, 7) is 3.36. The Bertz CT molecular complexity index is 566. The molecule has 0 saturated heterocycles. The van der Waals surface area contributed by atoms with Crippen LogP contribution in [-0.4, -0.2) is 6.54 Å². The number of hydrogen-bond donors (Lipinski definition) is 2. The maximum absolute atomic E-state index is 5.90. The van der Waals surface area contributed by atoms with Gasteiger partial charge in [0.05, 0.1) is 12.1 Å². The van der Waals surface area contributed by atoms with Gasteiger partial charge in [-0.3, -0.25) is 4.90 Å². The number of benzene rings is 2. The topological polar surface area (TPSA) is 30.5 Å². The normalized spacial score (nSPS) is 15.7. The van der Waals surface area contributed by atoms with E-state index in [-0.39, 0.29) is 12.4 Å². The third-order valence-corrected chi connectivity index (χ3v) is 3.41. The van der Waals surface area contributed by atoms with Gasteiger partial charge in [0.15, 0.2) is 0 Å². The summed E-state index contributed by atoms with van der Waals surface area (Å²) in [5.74, 6) is 0. The first-order valence-corrected chi connectivity index (χ1v) is 6.16. The van der Waals surface area contributed by atoms with Crippen molar-refractivity contribution in [3.05, 3.63) is 42.5 Å². The van der Waals surface area contributed by atoms with E-state index in [1.54, 1.807) is 0 Å². The van der Waals surface area contributed by atoms with Gasteiger partial charge in [-0.2, -0.15) is 0 Å². The highest BCUT2D eigenvalue weighted by Crippen LogP contribution is 2.37. The Kier molecular flexibility index (Phi) is 3.60. The number of nitrogens with one attached hydrogen (secondary N) is 1.